The van der Waals surface area contributed by atoms with E-state index in [2.05, 4.69) is 88.2 Å². The molecule has 0 saturated carbocycles. The zero-order valence-corrected chi connectivity index (χ0v) is 39.8. The Morgan fingerprint density at radius 2 is 0.867 bits per heavy atom. The van der Waals surface area contributed by atoms with Gasteiger partial charge < -0.3 is 24.8 Å². The smallest absolute Gasteiger partial charge is 0.343 e. The minimum atomic E-state index is -0.587. The number of carbonyl (C=O) groups excluding carboxylic acids is 4. The van der Waals surface area contributed by atoms with Gasteiger partial charge >= 0.3 is 5.97 Å². The third-order valence-electron chi connectivity index (χ3n) is 9.24. The second-order valence-electron chi connectivity index (χ2n) is 13.5. The lowest BCUT2D eigenvalue weighted by molar-refractivity contribution is 0.0731. The van der Waals surface area contributed by atoms with Crippen LogP contribution in [0, 0.1) is 0 Å². The van der Waals surface area contributed by atoms with Crippen LogP contribution in [0.5, 0.6) is 23.0 Å². The molecule has 0 radical (unpaired) electrons. The average molecular weight is 1060 g/mol. The molecule has 0 spiro atoms. The van der Waals surface area contributed by atoms with E-state index in [0.29, 0.717) is 60.0 Å². The molecule has 60 heavy (non-hydrogen) atoms. The normalized spacial score (nSPS) is 10.8. The van der Waals surface area contributed by atoms with Gasteiger partial charge in [-0.15, -0.1) is 0 Å². The Balaban J connectivity index is 0.00000336. The molecule has 0 heterocycles. The number of ketones is 1. The van der Waals surface area contributed by atoms with Crippen LogP contribution in [0.15, 0.2) is 139 Å². The quantitative estimate of drug-likeness (QED) is 0.0711. The topological polar surface area (TPSA) is 120 Å². The Hall–Kier alpha value is -5.08. The monoisotopic (exact) mass is 1060 g/mol. The molecule has 9 nitrogen and oxygen atoms in total. The first-order valence-corrected chi connectivity index (χ1v) is 21.8. The number of hydrogen-bond donors (Lipinski definition) is 2. The van der Waals surface area contributed by atoms with Crippen molar-refractivity contribution in [3.8, 4) is 23.0 Å². The standard InChI is InChI=1S/C45H34Br4N2O7.C2H6/c1-25(52)26-5-7-27(8-6-26)42(53)50-32-13-17-34(18-14-32)57-35-19-15-33(16-20-35)51-43(54)28-9-11-29(12-10-28)44(55)58-41-38(48)23-31(24-39(41)49)45(2,3)30-21-36(46)40(56-4)37(47)22-30;1-2/h5-24H,1-4H3,(H,50,53)(H,51,54);1-2H3. The number of benzene rings is 6. The number of Topliss-reactive ketones (excluding diaryl/α,β-unsaturated/α-hetero) is 1. The van der Waals surface area contributed by atoms with Crippen molar-refractivity contribution in [2.24, 2.45) is 0 Å². The number of methoxy groups -OCH3 is 1. The first-order chi connectivity index (χ1) is 28.6. The molecule has 0 fully saturated rings. The Morgan fingerprint density at radius 3 is 1.23 bits per heavy atom. The van der Waals surface area contributed by atoms with E-state index in [4.69, 9.17) is 14.2 Å². The van der Waals surface area contributed by atoms with Gasteiger partial charge in [-0.1, -0.05) is 39.8 Å². The third kappa shape index (κ3) is 11.2. The van der Waals surface area contributed by atoms with E-state index < -0.39 is 11.4 Å². The van der Waals surface area contributed by atoms with Crippen molar-refractivity contribution >= 4 is 98.7 Å². The minimum absolute atomic E-state index is 0.0675. The van der Waals surface area contributed by atoms with E-state index in [1.165, 1.54) is 19.1 Å². The summed E-state index contributed by atoms with van der Waals surface area (Å²) in [5.41, 5.74) is 4.29. The Bertz CT molecular complexity index is 2480. The lowest BCUT2D eigenvalue weighted by Gasteiger charge is -2.28. The number of rotatable bonds is 12. The number of nitrogens with one attached hydrogen (secondary N) is 2. The number of esters is 1. The van der Waals surface area contributed by atoms with Gasteiger partial charge in [0.2, 0.25) is 0 Å². The van der Waals surface area contributed by atoms with Crippen molar-refractivity contribution in [2.75, 3.05) is 17.7 Å². The summed E-state index contributed by atoms with van der Waals surface area (Å²) < 4.78 is 20.0. The zero-order chi connectivity index (χ0) is 43.7. The predicted molar refractivity (Wildman–Crippen MR) is 250 cm³/mol. The van der Waals surface area contributed by atoms with Crippen molar-refractivity contribution in [2.45, 2.75) is 40.0 Å². The van der Waals surface area contributed by atoms with Crippen molar-refractivity contribution < 1.29 is 33.4 Å². The lowest BCUT2D eigenvalue weighted by atomic mass is 9.78. The molecule has 6 aromatic rings. The van der Waals surface area contributed by atoms with Crippen LogP contribution >= 0.6 is 63.7 Å². The number of halogens is 4. The highest BCUT2D eigenvalue weighted by Crippen LogP contribution is 2.44. The van der Waals surface area contributed by atoms with E-state index in [9.17, 15) is 19.2 Å². The predicted octanol–water partition coefficient (Wildman–Crippen LogP) is 13.8. The number of amides is 2. The van der Waals surface area contributed by atoms with Gasteiger partial charge in [-0.05, 0) is 191 Å². The molecule has 2 N–H and O–H groups in total. The van der Waals surface area contributed by atoms with Gasteiger partial charge in [-0.3, -0.25) is 14.4 Å². The van der Waals surface area contributed by atoms with Crippen molar-refractivity contribution in [3.63, 3.8) is 0 Å². The fourth-order valence-corrected chi connectivity index (χ4v) is 8.68. The van der Waals surface area contributed by atoms with Crippen molar-refractivity contribution in [3.05, 3.63) is 173 Å². The van der Waals surface area contributed by atoms with Crippen molar-refractivity contribution in [1.29, 1.82) is 0 Å². The highest BCUT2D eigenvalue weighted by Gasteiger charge is 2.28. The van der Waals surface area contributed by atoms with E-state index in [1.807, 2.05) is 38.1 Å². The molecule has 308 valence electrons. The highest BCUT2D eigenvalue weighted by atomic mass is 79.9. The molecule has 0 aromatic heterocycles. The van der Waals surface area contributed by atoms with Gasteiger partial charge in [0.25, 0.3) is 11.8 Å². The van der Waals surface area contributed by atoms with Gasteiger partial charge in [0.05, 0.1) is 30.6 Å². The summed E-state index contributed by atoms with van der Waals surface area (Å²) in [6, 6.07) is 34.3. The molecule has 0 aliphatic carbocycles. The van der Waals surface area contributed by atoms with Crippen LogP contribution in [0.2, 0.25) is 0 Å². The third-order valence-corrected chi connectivity index (χ3v) is 11.6. The van der Waals surface area contributed by atoms with E-state index in [-0.39, 0.29) is 23.2 Å². The van der Waals surface area contributed by atoms with E-state index >= 15 is 0 Å². The Labute approximate surface area is 382 Å². The SMILES string of the molecule is CC.COc1c(Br)cc(C(C)(C)c2cc(Br)c(OC(=O)c3ccc(C(=O)Nc4ccc(Oc5ccc(NC(=O)c6ccc(C(C)=O)cc6)cc5)cc4)cc3)c(Br)c2)cc1Br. The summed E-state index contributed by atoms with van der Waals surface area (Å²) in [4.78, 5) is 50.4. The summed E-state index contributed by atoms with van der Waals surface area (Å²) in [6.45, 7) is 9.67. The molecule has 0 bridgehead atoms. The van der Waals surface area contributed by atoms with Gasteiger partial charge in [0, 0.05) is 33.5 Å². The number of anilines is 2. The van der Waals surface area contributed by atoms with Gasteiger partial charge in [-0.2, -0.15) is 0 Å². The molecular formula is C47H40Br4N2O7. The molecule has 0 aliphatic rings. The fourth-order valence-electron chi connectivity index (χ4n) is 5.82. The summed E-state index contributed by atoms with van der Waals surface area (Å²) in [6.07, 6.45) is 0. The van der Waals surface area contributed by atoms with Crippen LogP contribution in [0.1, 0.15) is 87.2 Å². The van der Waals surface area contributed by atoms with Crippen LogP contribution in [-0.2, 0) is 5.41 Å². The molecule has 13 heteroatoms. The fraction of sp³-hybridized carbons (Fsp3) is 0.149. The van der Waals surface area contributed by atoms with Crippen molar-refractivity contribution in [1.82, 2.24) is 0 Å². The number of carbonyl (C=O) groups is 4. The molecule has 0 unspecified atom stereocenters. The van der Waals surface area contributed by atoms with Gasteiger partial charge in [0.15, 0.2) is 11.5 Å². The summed E-state index contributed by atoms with van der Waals surface area (Å²) in [5, 5.41) is 5.67. The minimum Gasteiger partial charge on any atom is -0.494 e. The lowest BCUT2D eigenvalue weighted by Crippen LogP contribution is -2.19. The molecule has 2 amide bonds. The molecule has 6 rings (SSSR count). The second kappa shape index (κ2) is 20.5. The van der Waals surface area contributed by atoms with Crippen LogP contribution in [0.4, 0.5) is 11.4 Å². The maximum atomic E-state index is 13.2. The van der Waals surface area contributed by atoms with Gasteiger partial charge in [0.1, 0.15) is 17.2 Å². The van der Waals surface area contributed by atoms with Gasteiger partial charge in [-0.25, -0.2) is 4.79 Å². The van der Waals surface area contributed by atoms with Crippen LogP contribution in [0.25, 0.3) is 0 Å². The second-order valence-corrected chi connectivity index (χ2v) is 16.9. The largest absolute Gasteiger partial charge is 0.494 e. The Morgan fingerprint density at radius 1 is 0.517 bits per heavy atom. The Kier molecular flexibility index (Phi) is 15.7. The maximum Gasteiger partial charge on any atom is 0.343 e. The first-order valence-electron chi connectivity index (χ1n) is 18.6. The maximum absolute atomic E-state index is 13.2. The molecule has 0 aliphatic heterocycles. The molecule has 6 aromatic carbocycles. The summed E-state index contributed by atoms with van der Waals surface area (Å²) in [5.74, 6) is 0.807. The highest BCUT2D eigenvalue weighted by molar-refractivity contribution is 9.11. The molecule has 0 atom stereocenters. The number of hydrogen-bond acceptors (Lipinski definition) is 7. The average Bonchev–Trinajstić information content (AvgIpc) is 3.24. The zero-order valence-electron chi connectivity index (χ0n) is 33.4. The van der Waals surface area contributed by atoms with Crippen LogP contribution < -0.4 is 24.8 Å². The molecular weight excluding hydrogens is 1020 g/mol. The van der Waals surface area contributed by atoms with Crippen LogP contribution in [0.3, 0.4) is 0 Å². The number of ether oxygens (including phenoxy) is 3. The first kappa shape index (κ1) is 46.0. The summed E-state index contributed by atoms with van der Waals surface area (Å²) in [7, 11) is 1.62. The van der Waals surface area contributed by atoms with E-state index in [0.717, 1.165) is 20.1 Å². The molecule has 0 saturated heterocycles. The van der Waals surface area contributed by atoms with Crippen LogP contribution in [-0.4, -0.2) is 30.7 Å². The van der Waals surface area contributed by atoms with E-state index in [1.54, 1.807) is 92.0 Å². The summed E-state index contributed by atoms with van der Waals surface area (Å²) >= 11 is 14.4.